The molecule has 0 unspecified atom stereocenters. The summed E-state index contributed by atoms with van der Waals surface area (Å²) in [6.45, 7) is 11.1. The van der Waals surface area contributed by atoms with Gasteiger partial charge in [-0.3, -0.25) is 4.90 Å². The highest BCUT2D eigenvalue weighted by atomic mass is 16.2. The van der Waals surface area contributed by atoms with Crippen molar-refractivity contribution in [3.8, 4) is 0 Å². The molecule has 4 nitrogen and oxygen atoms in total. The molecule has 17 heavy (non-hydrogen) atoms. The maximum absolute atomic E-state index is 11.8. The zero-order chi connectivity index (χ0) is 12.7. The third-order valence-electron chi connectivity index (χ3n) is 3.39. The largest absolute Gasteiger partial charge is 0.338 e. The van der Waals surface area contributed by atoms with Gasteiger partial charge in [-0.2, -0.15) is 0 Å². The molecule has 1 rings (SSSR count). The van der Waals surface area contributed by atoms with Crippen LogP contribution in [0, 0.1) is 0 Å². The van der Waals surface area contributed by atoms with Gasteiger partial charge in [0.1, 0.15) is 0 Å². The number of piperazine rings is 1. The van der Waals surface area contributed by atoms with Gasteiger partial charge in [0.05, 0.1) is 0 Å². The fourth-order valence-electron chi connectivity index (χ4n) is 2.12. The number of carbonyl (C=O) groups excluding carboxylic acids is 1. The average molecular weight is 241 g/mol. The molecule has 2 amide bonds. The minimum absolute atomic E-state index is 0.115. The van der Waals surface area contributed by atoms with Crippen molar-refractivity contribution in [1.82, 2.24) is 15.1 Å². The van der Waals surface area contributed by atoms with Gasteiger partial charge in [0.25, 0.3) is 0 Å². The van der Waals surface area contributed by atoms with E-state index in [1.165, 1.54) is 12.8 Å². The first kappa shape index (κ1) is 14.3. The van der Waals surface area contributed by atoms with Crippen LogP contribution in [0.4, 0.5) is 4.79 Å². The van der Waals surface area contributed by atoms with Crippen LogP contribution in [0.3, 0.4) is 0 Å². The number of amides is 2. The van der Waals surface area contributed by atoms with Gasteiger partial charge in [0, 0.05) is 38.8 Å². The first-order valence-electron chi connectivity index (χ1n) is 6.92. The number of hydrogen-bond acceptors (Lipinski definition) is 2. The Morgan fingerprint density at radius 1 is 1.18 bits per heavy atom. The number of unbranched alkanes of at least 4 members (excludes halogenated alkanes) is 2. The highest BCUT2D eigenvalue weighted by molar-refractivity contribution is 5.74. The molecule has 4 heteroatoms. The monoisotopic (exact) mass is 241 g/mol. The Kier molecular flexibility index (Phi) is 6.34. The van der Waals surface area contributed by atoms with Crippen LogP contribution in [-0.4, -0.2) is 54.6 Å². The second-order valence-corrected chi connectivity index (χ2v) is 5.06. The normalized spacial score (nSPS) is 17.5. The standard InChI is InChI=1S/C13H27N3O/c1-4-5-6-7-14-13(17)16-10-8-15(9-11-16)12(2)3/h12H,4-11H2,1-3H3,(H,14,17). The molecule has 1 N–H and O–H groups in total. The molecule has 0 bridgehead atoms. The van der Waals surface area contributed by atoms with Gasteiger partial charge in [-0.1, -0.05) is 19.8 Å². The SMILES string of the molecule is CCCCCNC(=O)N1CCN(C(C)C)CC1. The van der Waals surface area contributed by atoms with Gasteiger partial charge in [0.2, 0.25) is 0 Å². The Hall–Kier alpha value is -0.770. The zero-order valence-electron chi connectivity index (χ0n) is 11.5. The number of urea groups is 1. The van der Waals surface area contributed by atoms with E-state index in [9.17, 15) is 4.79 Å². The van der Waals surface area contributed by atoms with Crippen molar-refractivity contribution in [1.29, 1.82) is 0 Å². The Bertz CT molecular complexity index is 223. The van der Waals surface area contributed by atoms with E-state index in [1.807, 2.05) is 4.90 Å². The molecule has 0 aromatic heterocycles. The molecule has 100 valence electrons. The second kappa shape index (κ2) is 7.54. The van der Waals surface area contributed by atoms with Crippen LogP contribution in [0.25, 0.3) is 0 Å². The fraction of sp³-hybridized carbons (Fsp3) is 0.923. The van der Waals surface area contributed by atoms with E-state index in [0.29, 0.717) is 6.04 Å². The Balaban J connectivity index is 2.17. The predicted octanol–water partition coefficient (Wildman–Crippen LogP) is 1.91. The molecule has 0 radical (unpaired) electrons. The lowest BCUT2D eigenvalue weighted by atomic mass is 10.2. The Morgan fingerprint density at radius 3 is 2.35 bits per heavy atom. The molecule has 1 saturated heterocycles. The number of rotatable bonds is 5. The molecule has 0 saturated carbocycles. The van der Waals surface area contributed by atoms with Crippen LogP contribution in [0.5, 0.6) is 0 Å². The summed E-state index contributed by atoms with van der Waals surface area (Å²) in [6, 6.07) is 0.703. The number of hydrogen-bond donors (Lipinski definition) is 1. The lowest BCUT2D eigenvalue weighted by Crippen LogP contribution is -2.53. The smallest absolute Gasteiger partial charge is 0.317 e. The lowest BCUT2D eigenvalue weighted by Gasteiger charge is -2.36. The van der Waals surface area contributed by atoms with Crippen molar-refractivity contribution >= 4 is 6.03 Å². The summed E-state index contributed by atoms with van der Waals surface area (Å²) in [6.07, 6.45) is 3.48. The Morgan fingerprint density at radius 2 is 1.82 bits per heavy atom. The van der Waals surface area contributed by atoms with Crippen LogP contribution in [0.2, 0.25) is 0 Å². The van der Waals surface area contributed by atoms with Crippen LogP contribution < -0.4 is 5.32 Å². The van der Waals surface area contributed by atoms with E-state index < -0.39 is 0 Å². The van der Waals surface area contributed by atoms with Crippen molar-refractivity contribution in [3.63, 3.8) is 0 Å². The van der Waals surface area contributed by atoms with Gasteiger partial charge >= 0.3 is 6.03 Å². The molecule has 1 aliphatic heterocycles. The van der Waals surface area contributed by atoms with Crippen LogP contribution >= 0.6 is 0 Å². The van der Waals surface area contributed by atoms with E-state index >= 15 is 0 Å². The minimum Gasteiger partial charge on any atom is -0.338 e. The summed E-state index contributed by atoms with van der Waals surface area (Å²) in [4.78, 5) is 16.2. The fourth-order valence-corrected chi connectivity index (χ4v) is 2.12. The summed E-state index contributed by atoms with van der Waals surface area (Å²) in [5, 5.41) is 3.00. The predicted molar refractivity (Wildman–Crippen MR) is 71.2 cm³/mol. The molecule has 0 aromatic carbocycles. The minimum atomic E-state index is 0.115. The quantitative estimate of drug-likeness (QED) is 0.746. The van der Waals surface area contributed by atoms with E-state index in [1.54, 1.807) is 0 Å². The molecule has 0 aliphatic carbocycles. The van der Waals surface area contributed by atoms with Crippen molar-refractivity contribution in [2.24, 2.45) is 0 Å². The molecule has 1 heterocycles. The third-order valence-corrected chi connectivity index (χ3v) is 3.39. The van der Waals surface area contributed by atoms with E-state index in [2.05, 4.69) is 31.0 Å². The maximum atomic E-state index is 11.8. The van der Waals surface area contributed by atoms with E-state index in [4.69, 9.17) is 0 Å². The van der Waals surface area contributed by atoms with Crippen LogP contribution in [0.15, 0.2) is 0 Å². The summed E-state index contributed by atoms with van der Waals surface area (Å²) < 4.78 is 0. The van der Waals surface area contributed by atoms with Crippen LogP contribution in [0.1, 0.15) is 40.0 Å². The zero-order valence-corrected chi connectivity index (χ0v) is 11.5. The first-order valence-corrected chi connectivity index (χ1v) is 6.92. The molecule has 0 aromatic rings. The molecule has 1 aliphatic rings. The molecule has 0 atom stereocenters. The second-order valence-electron chi connectivity index (χ2n) is 5.06. The van der Waals surface area contributed by atoms with Crippen molar-refractivity contribution < 1.29 is 4.79 Å². The number of carbonyl (C=O) groups is 1. The van der Waals surface area contributed by atoms with Gasteiger partial charge in [-0.15, -0.1) is 0 Å². The summed E-state index contributed by atoms with van der Waals surface area (Å²) in [5.41, 5.74) is 0. The molecule has 0 spiro atoms. The number of nitrogens with one attached hydrogen (secondary N) is 1. The molecule has 1 fully saturated rings. The third kappa shape index (κ3) is 4.94. The van der Waals surface area contributed by atoms with Gasteiger partial charge in [-0.25, -0.2) is 4.79 Å². The van der Waals surface area contributed by atoms with Gasteiger partial charge in [-0.05, 0) is 20.3 Å². The van der Waals surface area contributed by atoms with Crippen molar-refractivity contribution in [2.75, 3.05) is 32.7 Å². The van der Waals surface area contributed by atoms with Gasteiger partial charge in [0.15, 0.2) is 0 Å². The average Bonchev–Trinajstić information content (AvgIpc) is 2.34. The van der Waals surface area contributed by atoms with Gasteiger partial charge < -0.3 is 10.2 Å². The van der Waals surface area contributed by atoms with E-state index in [0.717, 1.165) is 39.1 Å². The summed E-state index contributed by atoms with van der Waals surface area (Å²) in [7, 11) is 0. The lowest BCUT2D eigenvalue weighted by molar-refractivity contribution is 0.119. The summed E-state index contributed by atoms with van der Waals surface area (Å²) >= 11 is 0. The Labute approximate surface area is 105 Å². The van der Waals surface area contributed by atoms with Crippen molar-refractivity contribution in [2.45, 2.75) is 46.1 Å². The number of nitrogens with zero attached hydrogens (tertiary/aromatic N) is 2. The highest BCUT2D eigenvalue weighted by Crippen LogP contribution is 2.05. The van der Waals surface area contributed by atoms with Crippen LogP contribution in [-0.2, 0) is 0 Å². The van der Waals surface area contributed by atoms with Crippen molar-refractivity contribution in [3.05, 3.63) is 0 Å². The van der Waals surface area contributed by atoms with E-state index in [-0.39, 0.29) is 6.03 Å². The topological polar surface area (TPSA) is 35.6 Å². The highest BCUT2D eigenvalue weighted by Gasteiger charge is 2.21. The first-order chi connectivity index (χ1) is 8.15. The summed E-state index contributed by atoms with van der Waals surface area (Å²) in [5.74, 6) is 0. The molecular formula is C13H27N3O. The molecular weight excluding hydrogens is 214 g/mol. The maximum Gasteiger partial charge on any atom is 0.317 e.